The van der Waals surface area contributed by atoms with Gasteiger partial charge in [-0.3, -0.25) is 0 Å². The minimum Gasteiger partial charge on any atom is -0.341 e. The molecule has 34 heavy (non-hydrogen) atoms. The van der Waals surface area contributed by atoms with Crippen molar-refractivity contribution < 1.29 is 8.42 Å². The molecule has 1 aliphatic heterocycles. The van der Waals surface area contributed by atoms with Crippen LogP contribution < -0.4 is 4.90 Å². The van der Waals surface area contributed by atoms with Crippen molar-refractivity contribution in [3.8, 4) is 11.3 Å². The van der Waals surface area contributed by atoms with E-state index in [-0.39, 0.29) is 6.04 Å². The third kappa shape index (κ3) is 4.41. The molecular weight excluding hydrogens is 444 g/mol. The number of nitrogens with zero attached hydrogens (tertiary/aromatic N) is 4. The summed E-state index contributed by atoms with van der Waals surface area (Å²) in [4.78, 5) is 11.8. The van der Waals surface area contributed by atoms with Crippen LogP contribution in [0.25, 0.3) is 22.0 Å². The minimum atomic E-state index is -3.47. The highest BCUT2D eigenvalue weighted by Crippen LogP contribution is 2.27. The molecule has 0 radical (unpaired) electrons. The third-order valence-corrected chi connectivity index (χ3v) is 8.55. The van der Waals surface area contributed by atoms with Gasteiger partial charge in [0, 0.05) is 37.9 Å². The van der Waals surface area contributed by atoms with Crippen LogP contribution in [0.3, 0.4) is 0 Å². The molecule has 0 aliphatic carbocycles. The summed E-state index contributed by atoms with van der Waals surface area (Å²) in [5.41, 5.74) is 2.97. The predicted octanol–water partition coefficient (Wildman–Crippen LogP) is 4.89. The molecule has 0 saturated carbocycles. The van der Waals surface area contributed by atoms with Crippen LogP contribution >= 0.6 is 0 Å². The first kappa shape index (κ1) is 22.5. The van der Waals surface area contributed by atoms with Gasteiger partial charge in [-0.1, -0.05) is 54.1 Å². The maximum absolute atomic E-state index is 13.0. The van der Waals surface area contributed by atoms with Crippen molar-refractivity contribution in [1.29, 1.82) is 0 Å². The second kappa shape index (κ2) is 9.16. The van der Waals surface area contributed by atoms with Crippen LogP contribution in [0, 0.1) is 6.92 Å². The Labute approximate surface area is 200 Å². The van der Waals surface area contributed by atoms with Gasteiger partial charge in [0.05, 0.1) is 10.6 Å². The number of rotatable bonds is 5. The summed E-state index contributed by atoms with van der Waals surface area (Å²) in [5, 5.41) is 2.38. The summed E-state index contributed by atoms with van der Waals surface area (Å²) in [6, 6.07) is 23.8. The number of sulfonamides is 1. The molecule has 0 amide bonds. The number of anilines is 1. The van der Waals surface area contributed by atoms with E-state index < -0.39 is 10.0 Å². The Morgan fingerprint density at radius 2 is 1.62 bits per heavy atom. The Balaban J connectivity index is 1.30. The molecule has 2 heterocycles. The second-order valence-electron chi connectivity index (χ2n) is 8.86. The zero-order valence-electron chi connectivity index (χ0n) is 19.4. The average molecular weight is 473 g/mol. The number of hydrogen-bond acceptors (Lipinski definition) is 5. The Morgan fingerprint density at radius 1 is 0.912 bits per heavy atom. The molecule has 174 valence electrons. The monoisotopic (exact) mass is 472 g/mol. The van der Waals surface area contributed by atoms with Gasteiger partial charge in [-0.05, 0) is 54.8 Å². The van der Waals surface area contributed by atoms with Crippen molar-refractivity contribution in [2.24, 2.45) is 0 Å². The van der Waals surface area contributed by atoms with E-state index in [4.69, 9.17) is 4.98 Å². The van der Waals surface area contributed by atoms with Gasteiger partial charge < -0.3 is 4.90 Å². The molecule has 0 bridgehead atoms. The van der Waals surface area contributed by atoms with Crippen LogP contribution in [0.1, 0.15) is 18.4 Å². The van der Waals surface area contributed by atoms with E-state index in [0.29, 0.717) is 23.9 Å². The Hall–Kier alpha value is -3.29. The van der Waals surface area contributed by atoms with Crippen molar-refractivity contribution in [3.63, 3.8) is 0 Å². The van der Waals surface area contributed by atoms with Crippen LogP contribution in [0.5, 0.6) is 0 Å². The number of piperidine rings is 1. The molecule has 7 heteroatoms. The molecule has 3 aromatic carbocycles. The smallest absolute Gasteiger partial charge is 0.243 e. The average Bonchev–Trinajstić information content (AvgIpc) is 2.88. The van der Waals surface area contributed by atoms with Crippen LogP contribution in [0.2, 0.25) is 0 Å². The highest BCUT2D eigenvalue weighted by atomic mass is 32.2. The van der Waals surface area contributed by atoms with E-state index in [1.807, 2.05) is 44.3 Å². The summed E-state index contributed by atoms with van der Waals surface area (Å²) in [6.45, 7) is 2.92. The molecule has 1 aromatic heterocycles. The van der Waals surface area contributed by atoms with E-state index >= 15 is 0 Å². The Morgan fingerprint density at radius 3 is 2.35 bits per heavy atom. The van der Waals surface area contributed by atoms with Crippen LogP contribution in [-0.2, 0) is 10.0 Å². The molecule has 4 aromatic rings. The normalized spacial score (nSPS) is 15.5. The van der Waals surface area contributed by atoms with Crippen molar-refractivity contribution in [2.45, 2.75) is 30.7 Å². The largest absolute Gasteiger partial charge is 0.341 e. The quantitative estimate of drug-likeness (QED) is 0.414. The lowest BCUT2D eigenvalue weighted by molar-refractivity contribution is 0.313. The van der Waals surface area contributed by atoms with Gasteiger partial charge in [-0.25, -0.2) is 18.4 Å². The first-order valence-corrected chi connectivity index (χ1v) is 13.0. The number of aryl methyl sites for hydroxylation is 1. The highest BCUT2D eigenvalue weighted by Gasteiger charge is 2.31. The van der Waals surface area contributed by atoms with Crippen molar-refractivity contribution >= 4 is 26.7 Å². The van der Waals surface area contributed by atoms with Gasteiger partial charge in [-0.15, -0.1) is 0 Å². The van der Waals surface area contributed by atoms with Gasteiger partial charge in [0.25, 0.3) is 0 Å². The van der Waals surface area contributed by atoms with E-state index in [2.05, 4.69) is 40.2 Å². The van der Waals surface area contributed by atoms with E-state index in [1.165, 1.54) is 10.8 Å². The molecule has 1 saturated heterocycles. The van der Waals surface area contributed by atoms with Gasteiger partial charge in [0.15, 0.2) is 0 Å². The topological polar surface area (TPSA) is 66.4 Å². The van der Waals surface area contributed by atoms with Crippen molar-refractivity contribution in [2.75, 3.05) is 25.0 Å². The zero-order chi connectivity index (χ0) is 23.7. The third-order valence-electron chi connectivity index (χ3n) is 6.63. The molecule has 0 atom stereocenters. The Kier molecular flexibility index (Phi) is 6.06. The summed E-state index contributed by atoms with van der Waals surface area (Å²) in [6.07, 6.45) is 3.25. The van der Waals surface area contributed by atoms with E-state index in [9.17, 15) is 8.42 Å². The fourth-order valence-electron chi connectivity index (χ4n) is 4.52. The Bertz CT molecular complexity index is 1410. The van der Waals surface area contributed by atoms with Gasteiger partial charge >= 0.3 is 0 Å². The molecule has 0 unspecified atom stereocenters. The minimum absolute atomic E-state index is 0.177. The number of hydrogen-bond donors (Lipinski definition) is 0. The van der Waals surface area contributed by atoms with Gasteiger partial charge in [0.1, 0.15) is 0 Å². The summed E-state index contributed by atoms with van der Waals surface area (Å²) in [5.74, 6) is 0.658. The lowest BCUT2D eigenvalue weighted by Crippen LogP contribution is -2.46. The van der Waals surface area contributed by atoms with Gasteiger partial charge in [0.2, 0.25) is 16.0 Å². The molecule has 0 spiro atoms. The fourth-order valence-corrected chi connectivity index (χ4v) is 5.99. The number of aromatic nitrogens is 2. The molecule has 1 aliphatic rings. The van der Waals surface area contributed by atoms with Gasteiger partial charge in [-0.2, -0.15) is 4.31 Å². The highest BCUT2D eigenvalue weighted by molar-refractivity contribution is 7.89. The number of benzene rings is 3. The van der Waals surface area contributed by atoms with E-state index in [0.717, 1.165) is 29.7 Å². The molecular formula is C27H28N4O2S. The van der Waals surface area contributed by atoms with Crippen molar-refractivity contribution in [3.05, 3.63) is 84.6 Å². The van der Waals surface area contributed by atoms with Crippen LogP contribution in [0.15, 0.2) is 83.9 Å². The maximum Gasteiger partial charge on any atom is 0.243 e. The summed E-state index contributed by atoms with van der Waals surface area (Å²) >= 11 is 0. The van der Waals surface area contributed by atoms with Crippen molar-refractivity contribution in [1.82, 2.24) is 14.3 Å². The lowest BCUT2D eigenvalue weighted by atomic mass is 10.0. The lowest BCUT2D eigenvalue weighted by Gasteiger charge is -2.36. The summed E-state index contributed by atoms with van der Waals surface area (Å²) < 4.78 is 27.6. The predicted molar refractivity (Wildman–Crippen MR) is 136 cm³/mol. The van der Waals surface area contributed by atoms with Crippen LogP contribution in [0.4, 0.5) is 5.95 Å². The fraction of sp³-hybridized carbons (Fsp3) is 0.259. The zero-order valence-corrected chi connectivity index (χ0v) is 20.2. The molecule has 5 rings (SSSR count). The maximum atomic E-state index is 13.0. The SMILES string of the molecule is Cc1ccc(S(=O)(=O)N2CCC(N(C)c3nccc(-c4ccc5ccccc5c4)n3)CC2)cc1. The second-order valence-corrected chi connectivity index (χ2v) is 10.8. The first-order chi connectivity index (χ1) is 16.4. The summed E-state index contributed by atoms with van der Waals surface area (Å²) in [7, 11) is -1.48. The molecule has 6 nitrogen and oxygen atoms in total. The standard InChI is InChI=1S/C27H28N4O2S/c1-20-7-11-25(12-8-20)34(32,33)31-17-14-24(15-18-31)30(2)27-28-16-13-26(29-27)23-10-9-21-5-3-4-6-22(21)19-23/h3-13,16,19,24H,14-15,17-18H2,1-2H3. The molecule has 1 fully saturated rings. The number of fused-ring (bicyclic) bond motifs is 1. The van der Waals surface area contributed by atoms with Crippen LogP contribution in [-0.4, -0.2) is 48.9 Å². The van der Waals surface area contributed by atoms with E-state index in [1.54, 1.807) is 22.6 Å². The first-order valence-electron chi connectivity index (χ1n) is 11.5. The molecule has 0 N–H and O–H groups in total.